The van der Waals surface area contributed by atoms with Crippen LogP contribution < -0.4 is 4.74 Å². The zero-order valence-electron chi connectivity index (χ0n) is 7.30. The SMILES string of the molecule is COc1ccc(C(C)=O)c(O)c1Br. The number of hydrogen-bond donors (Lipinski definition) is 1. The van der Waals surface area contributed by atoms with Gasteiger partial charge in [-0.2, -0.15) is 0 Å². The number of benzene rings is 1. The van der Waals surface area contributed by atoms with Gasteiger partial charge in [0.05, 0.1) is 12.7 Å². The largest absolute Gasteiger partial charge is 0.506 e. The molecule has 0 aliphatic carbocycles. The quantitative estimate of drug-likeness (QED) is 0.813. The van der Waals surface area contributed by atoms with Crippen molar-refractivity contribution in [3.63, 3.8) is 0 Å². The van der Waals surface area contributed by atoms with Crippen molar-refractivity contribution in [3.8, 4) is 11.5 Å². The van der Waals surface area contributed by atoms with E-state index in [1.165, 1.54) is 20.1 Å². The van der Waals surface area contributed by atoms with Crippen LogP contribution >= 0.6 is 15.9 Å². The highest BCUT2D eigenvalue weighted by Gasteiger charge is 2.13. The lowest BCUT2D eigenvalue weighted by atomic mass is 10.1. The average molecular weight is 245 g/mol. The third kappa shape index (κ3) is 1.83. The first-order valence-electron chi connectivity index (χ1n) is 3.64. The normalized spacial score (nSPS) is 9.77. The van der Waals surface area contributed by atoms with Gasteiger partial charge in [-0.25, -0.2) is 0 Å². The number of phenols is 1. The molecule has 0 heterocycles. The van der Waals surface area contributed by atoms with E-state index in [1.54, 1.807) is 6.07 Å². The van der Waals surface area contributed by atoms with Gasteiger partial charge >= 0.3 is 0 Å². The Morgan fingerprint density at radius 3 is 2.62 bits per heavy atom. The smallest absolute Gasteiger partial charge is 0.163 e. The summed E-state index contributed by atoms with van der Waals surface area (Å²) in [6.45, 7) is 1.40. The Morgan fingerprint density at radius 1 is 1.54 bits per heavy atom. The predicted octanol–water partition coefficient (Wildman–Crippen LogP) is 2.37. The van der Waals surface area contributed by atoms with Gasteiger partial charge in [0.2, 0.25) is 0 Å². The Labute approximate surface area is 84.5 Å². The maximum atomic E-state index is 11.0. The minimum absolute atomic E-state index is 0.0770. The molecule has 1 rings (SSSR count). The lowest BCUT2D eigenvalue weighted by molar-refractivity contribution is 0.101. The summed E-state index contributed by atoms with van der Waals surface area (Å²) in [6.07, 6.45) is 0. The molecule has 0 saturated carbocycles. The van der Waals surface area contributed by atoms with E-state index >= 15 is 0 Å². The number of ketones is 1. The summed E-state index contributed by atoms with van der Waals surface area (Å²) in [5.74, 6) is 0.246. The number of Topliss-reactive ketones (excluding diaryl/α,β-unsaturated/α-hetero) is 1. The number of halogens is 1. The first kappa shape index (κ1) is 10.1. The Morgan fingerprint density at radius 2 is 2.15 bits per heavy atom. The number of methoxy groups -OCH3 is 1. The molecule has 1 aromatic carbocycles. The van der Waals surface area contributed by atoms with Gasteiger partial charge in [-0.3, -0.25) is 4.79 Å². The Balaban J connectivity index is 3.31. The summed E-state index contributed by atoms with van der Waals surface area (Å²) < 4.78 is 5.35. The van der Waals surface area contributed by atoms with Crippen molar-refractivity contribution < 1.29 is 14.6 Å². The minimum atomic E-state index is -0.180. The van der Waals surface area contributed by atoms with Crippen LogP contribution in [0.5, 0.6) is 11.5 Å². The van der Waals surface area contributed by atoms with Gasteiger partial charge in [-0.05, 0) is 35.0 Å². The van der Waals surface area contributed by atoms with Gasteiger partial charge in [0.1, 0.15) is 16.0 Å². The Bertz CT molecular complexity index is 347. The van der Waals surface area contributed by atoms with Crippen LogP contribution in [0.15, 0.2) is 16.6 Å². The number of ether oxygens (including phenoxy) is 1. The summed E-state index contributed by atoms with van der Waals surface area (Å²) in [6, 6.07) is 3.15. The van der Waals surface area contributed by atoms with Crippen LogP contribution in [0.25, 0.3) is 0 Å². The van der Waals surface area contributed by atoms with E-state index in [1.807, 2.05) is 0 Å². The van der Waals surface area contributed by atoms with Gasteiger partial charge in [0, 0.05) is 0 Å². The second kappa shape index (κ2) is 3.79. The Hall–Kier alpha value is -1.03. The van der Waals surface area contributed by atoms with Crippen LogP contribution in [-0.2, 0) is 0 Å². The fraction of sp³-hybridized carbons (Fsp3) is 0.222. The molecule has 0 bridgehead atoms. The third-order valence-electron chi connectivity index (χ3n) is 1.68. The van der Waals surface area contributed by atoms with E-state index in [-0.39, 0.29) is 17.1 Å². The highest BCUT2D eigenvalue weighted by Crippen LogP contribution is 2.36. The van der Waals surface area contributed by atoms with Gasteiger partial charge < -0.3 is 9.84 Å². The van der Waals surface area contributed by atoms with E-state index in [2.05, 4.69) is 15.9 Å². The highest BCUT2D eigenvalue weighted by molar-refractivity contribution is 9.10. The van der Waals surface area contributed by atoms with Crippen LogP contribution in [0, 0.1) is 0 Å². The first-order valence-corrected chi connectivity index (χ1v) is 4.43. The van der Waals surface area contributed by atoms with Crippen molar-refractivity contribution in [2.45, 2.75) is 6.92 Å². The molecule has 0 spiro atoms. The molecule has 4 heteroatoms. The minimum Gasteiger partial charge on any atom is -0.506 e. The van der Waals surface area contributed by atoms with E-state index in [0.29, 0.717) is 10.2 Å². The molecule has 0 radical (unpaired) electrons. The topological polar surface area (TPSA) is 46.5 Å². The monoisotopic (exact) mass is 244 g/mol. The number of carbonyl (C=O) groups excluding carboxylic acids is 1. The molecule has 0 aliphatic heterocycles. The molecule has 0 amide bonds. The van der Waals surface area contributed by atoms with Crippen LogP contribution in [0.3, 0.4) is 0 Å². The molecule has 0 aromatic heterocycles. The summed E-state index contributed by atoms with van der Waals surface area (Å²) >= 11 is 3.13. The zero-order chi connectivity index (χ0) is 10.0. The van der Waals surface area contributed by atoms with E-state index in [0.717, 1.165) is 0 Å². The number of carbonyl (C=O) groups is 1. The fourth-order valence-corrected chi connectivity index (χ4v) is 1.50. The third-order valence-corrected chi connectivity index (χ3v) is 2.45. The second-order valence-electron chi connectivity index (χ2n) is 2.53. The van der Waals surface area contributed by atoms with Gasteiger partial charge in [-0.15, -0.1) is 0 Å². The molecule has 0 atom stereocenters. The summed E-state index contributed by atoms with van der Waals surface area (Å²) in [5, 5.41) is 9.53. The molecule has 3 nitrogen and oxygen atoms in total. The molecule has 0 unspecified atom stereocenters. The standard InChI is InChI=1S/C9H9BrO3/c1-5(11)6-3-4-7(13-2)8(10)9(6)12/h3-4,12H,1-2H3. The fourth-order valence-electron chi connectivity index (χ4n) is 0.988. The number of hydrogen-bond acceptors (Lipinski definition) is 3. The van der Waals surface area contributed by atoms with E-state index in [9.17, 15) is 9.90 Å². The van der Waals surface area contributed by atoms with Crippen molar-refractivity contribution >= 4 is 21.7 Å². The molecule has 1 N–H and O–H groups in total. The van der Waals surface area contributed by atoms with Crippen LogP contribution in [0.2, 0.25) is 0 Å². The molecule has 13 heavy (non-hydrogen) atoms. The molecule has 0 saturated heterocycles. The molecule has 0 aliphatic rings. The van der Waals surface area contributed by atoms with Crippen molar-refractivity contribution in [2.75, 3.05) is 7.11 Å². The van der Waals surface area contributed by atoms with Crippen LogP contribution in [0.1, 0.15) is 17.3 Å². The molecular weight excluding hydrogens is 236 g/mol. The lowest BCUT2D eigenvalue weighted by Gasteiger charge is -2.07. The molecular formula is C9H9BrO3. The van der Waals surface area contributed by atoms with Crippen molar-refractivity contribution in [3.05, 3.63) is 22.2 Å². The van der Waals surface area contributed by atoms with Crippen molar-refractivity contribution in [1.82, 2.24) is 0 Å². The van der Waals surface area contributed by atoms with Gasteiger partial charge in [0.25, 0.3) is 0 Å². The van der Waals surface area contributed by atoms with Crippen molar-refractivity contribution in [1.29, 1.82) is 0 Å². The summed E-state index contributed by atoms with van der Waals surface area (Å²) in [5.41, 5.74) is 0.285. The maximum Gasteiger partial charge on any atom is 0.163 e. The maximum absolute atomic E-state index is 11.0. The number of aromatic hydroxyl groups is 1. The molecule has 0 fully saturated rings. The average Bonchev–Trinajstić information content (AvgIpc) is 2.09. The molecule has 70 valence electrons. The summed E-state index contributed by atoms with van der Waals surface area (Å²) in [4.78, 5) is 11.0. The lowest BCUT2D eigenvalue weighted by Crippen LogP contribution is -1.94. The molecule has 1 aromatic rings. The second-order valence-corrected chi connectivity index (χ2v) is 3.33. The zero-order valence-corrected chi connectivity index (χ0v) is 8.88. The van der Waals surface area contributed by atoms with Gasteiger partial charge in [0.15, 0.2) is 5.78 Å². The number of phenolic OH excluding ortho intramolecular Hbond substituents is 1. The summed E-state index contributed by atoms with van der Waals surface area (Å²) in [7, 11) is 1.49. The van der Waals surface area contributed by atoms with Crippen molar-refractivity contribution in [2.24, 2.45) is 0 Å². The van der Waals surface area contributed by atoms with E-state index in [4.69, 9.17) is 4.74 Å². The van der Waals surface area contributed by atoms with Crippen LogP contribution in [-0.4, -0.2) is 18.0 Å². The van der Waals surface area contributed by atoms with E-state index < -0.39 is 0 Å². The first-order chi connectivity index (χ1) is 6.07. The Kier molecular flexibility index (Phi) is 2.93. The van der Waals surface area contributed by atoms with Crippen LogP contribution in [0.4, 0.5) is 0 Å². The number of rotatable bonds is 2. The highest BCUT2D eigenvalue weighted by atomic mass is 79.9. The predicted molar refractivity (Wildman–Crippen MR) is 52.4 cm³/mol. The van der Waals surface area contributed by atoms with Gasteiger partial charge in [-0.1, -0.05) is 0 Å².